The Bertz CT molecular complexity index is 1060. The van der Waals surface area contributed by atoms with E-state index >= 15 is 0 Å². The van der Waals surface area contributed by atoms with Gasteiger partial charge >= 0.3 is 0 Å². The van der Waals surface area contributed by atoms with Gasteiger partial charge in [0, 0.05) is 29.2 Å². The van der Waals surface area contributed by atoms with Crippen molar-refractivity contribution in [2.24, 2.45) is 0 Å². The SMILES string of the molecule is O=C(Nc1ccc(-c2cnco2)cc1)c1ccc(-c2ncccc2Cl)cn1. The van der Waals surface area contributed by atoms with Gasteiger partial charge in [-0.15, -0.1) is 0 Å². The Hall–Kier alpha value is -3.51. The molecule has 0 fully saturated rings. The number of pyridine rings is 2. The quantitative estimate of drug-likeness (QED) is 0.558. The lowest BCUT2D eigenvalue weighted by atomic mass is 10.1. The lowest BCUT2D eigenvalue weighted by molar-refractivity contribution is 0.102. The van der Waals surface area contributed by atoms with Gasteiger partial charge in [-0.2, -0.15) is 0 Å². The van der Waals surface area contributed by atoms with Crippen LogP contribution in [-0.4, -0.2) is 20.9 Å². The van der Waals surface area contributed by atoms with Gasteiger partial charge in [0.1, 0.15) is 5.69 Å². The van der Waals surface area contributed by atoms with E-state index in [9.17, 15) is 4.79 Å². The van der Waals surface area contributed by atoms with Crippen LogP contribution in [-0.2, 0) is 0 Å². The number of carbonyl (C=O) groups is 1. The normalized spacial score (nSPS) is 10.6. The molecule has 0 saturated carbocycles. The van der Waals surface area contributed by atoms with E-state index in [4.69, 9.17) is 16.0 Å². The summed E-state index contributed by atoms with van der Waals surface area (Å²) in [6.45, 7) is 0. The van der Waals surface area contributed by atoms with Gasteiger partial charge in [0.25, 0.3) is 5.91 Å². The maximum atomic E-state index is 12.4. The van der Waals surface area contributed by atoms with Crippen LogP contribution in [0.25, 0.3) is 22.6 Å². The number of halogens is 1. The maximum Gasteiger partial charge on any atom is 0.274 e. The highest BCUT2D eigenvalue weighted by Crippen LogP contribution is 2.25. The number of hydrogen-bond donors (Lipinski definition) is 1. The molecule has 27 heavy (non-hydrogen) atoms. The average molecular weight is 377 g/mol. The molecule has 0 aliphatic carbocycles. The summed E-state index contributed by atoms with van der Waals surface area (Å²) in [7, 11) is 0. The van der Waals surface area contributed by atoms with Crippen LogP contribution in [0.4, 0.5) is 5.69 Å². The standard InChI is InChI=1S/C20H13ClN4O2/c21-16-2-1-9-23-19(16)14-5-8-17(24-10-14)20(26)25-15-6-3-13(4-7-15)18-11-22-12-27-18/h1-12H,(H,25,26). The maximum absolute atomic E-state index is 12.4. The van der Waals surface area contributed by atoms with Crippen molar-refractivity contribution in [1.82, 2.24) is 15.0 Å². The van der Waals surface area contributed by atoms with Crippen LogP contribution in [0.3, 0.4) is 0 Å². The molecule has 3 heterocycles. The molecule has 4 rings (SSSR count). The Balaban J connectivity index is 1.48. The summed E-state index contributed by atoms with van der Waals surface area (Å²) < 4.78 is 5.24. The summed E-state index contributed by atoms with van der Waals surface area (Å²) in [4.78, 5) is 24.7. The van der Waals surface area contributed by atoms with E-state index in [1.165, 1.54) is 6.39 Å². The molecule has 1 aromatic carbocycles. The molecule has 6 nitrogen and oxygen atoms in total. The van der Waals surface area contributed by atoms with Gasteiger partial charge in [0.05, 0.1) is 16.9 Å². The number of amides is 1. The molecule has 0 atom stereocenters. The van der Waals surface area contributed by atoms with Gasteiger partial charge in [-0.25, -0.2) is 4.98 Å². The number of carbonyl (C=O) groups excluding carboxylic acids is 1. The van der Waals surface area contributed by atoms with Gasteiger partial charge in [-0.05, 0) is 48.5 Å². The Kier molecular flexibility index (Phi) is 4.63. The van der Waals surface area contributed by atoms with Crippen molar-refractivity contribution in [1.29, 1.82) is 0 Å². The van der Waals surface area contributed by atoms with Crippen molar-refractivity contribution in [3.05, 3.63) is 84.2 Å². The van der Waals surface area contributed by atoms with E-state index in [-0.39, 0.29) is 5.91 Å². The highest BCUT2D eigenvalue weighted by molar-refractivity contribution is 6.33. The van der Waals surface area contributed by atoms with Crippen molar-refractivity contribution in [3.8, 4) is 22.6 Å². The van der Waals surface area contributed by atoms with E-state index in [1.807, 2.05) is 12.1 Å². The molecule has 0 spiro atoms. The fourth-order valence-electron chi connectivity index (χ4n) is 2.54. The number of anilines is 1. The van der Waals surface area contributed by atoms with Crippen molar-refractivity contribution in [2.45, 2.75) is 0 Å². The zero-order valence-corrected chi connectivity index (χ0v) is 14.7. The Labute approximate surface area is 159 Å². The molecule has 0 aliphatic rings. The van der Waals surface area contributed by atoms with Crippen LogP contribution in [0.15, 0.2) is 77.9 Å². The Morgan fingerprint density at radius 2 is 1.78 bits per heavy atom. The number of nitrogens with one attached hydrogen (secondary N) is 1. The van der Waals surface area contributed by atoms with E-state index in [2.05, 4.69) is 20.3 Å². The lowest BCUT2D eigenvalue weighted by Crippen LogP contribution is -2.13. The number of aromatic nitrogens is 3. The topological polar surface area (TPSA) is 80.9 Å². The summed E-state index contributed by atoms with van der Waals surface area (Å²) in [5.74, 6) is 0.361. The second-order valence-electron chi connectivity index (χ2n) is 5.66. The van der Waals surface area contributed by atoms with Crippen molar-refractivity contribution >= 4 is 23.2 Å². The molecule has 132 valence electrons. The Morgan fingerprint density at radius 3 is 2.44 bits per heavy atom. The molecule has 0 saturated heterocycles. The van der Waals surface area contributed by atoms with E-state index in [0.29, 0.717) is 27.9 Å². The van der Waals surface area contributed by atoms with Crippen LogP contribution >= 0.6 is 11.6 Å². The minimum absolute atomic E-state index is 0.296. The molecule has 7 heteroatoms. The van der Waals surface area contributed by atoms with E-state index < -0.39 is 0 Å². The monoisotopic (exact) mass is 376 g/mol. The van der Waals surface area contributed by atoms with E-state index in [1.54, 1.807) is 55.0 Å². The summed E-state index contributed by atoms with van der Waals surface area (Å²) >= 11 is 6.14. The molecule has 1 amide bonds. The molecular weight excluding hydrogens is 364 g/mol. The predicted molar refractivity (Wildman–Crippen MR) is 102 cm³/mol. The number of hydrogen-bond acceptors (Lipinski definition) is 5. The molecule has 4 aromatic rings. The van der Waals surface area contributed by atoms with Crippen LogP contribution in [0.1, 0.15) is 10.5 Å². The van der Waals surface area contributed by atoms with Gasteiger partial charge in [-0.3, -0.25) is 14.8 Å². The largest absolute Gasteiger partial charge is 0.444 e. The van der Waals surface area contributed by atoms with Gasteiger partial charge in [0.15, 0.2) is 12.2 Å². The summed E-state index contributed by atoms with van der Waals surface area (Å²) in [5, 5.41) is 3.34. The third kappa shape index (κ3) is 3.70. The lowest BCUT2D eigenvalue weighted by Gasteiger charge is -2.07. The van der Waals surface area contributed by atoms with Crippen LogP contribution in [0.5, 0.6) is 0 Å². The Morgan fingerprint density at radius 1 is 0.963 bits per heavy atom. The van der Waals surface area contributed by atoms with Crippen molar-refractivity contribution in [2.75, 3.05) is 5.32 Å². The molecule has 0 aliphatic heterocycles. The summed E-state index contributed by atoms with van der Waals surface area (Å²) in [6.07, 6.45) is 6.24. The zero-order chi connectivity index (χ0) is 18.6. The third-order valence-electron chi connectivity index (χ3n) is 3.89. The van der Waals surface area contributed by atoms with Crippen molar-refractivity contribution < 1.29 is 9.21 Å². The second kappa shape index (κ2) is 7.39. The first-order valence-corrected chi connectivity index (χ1v) is 8.46. The molecule has 0 bridgehead atoms. The molecule has 0 radical (unpaired) electrons. The fourth-order valence-corrected chi connectivity index (χ4v) is 2.77. The van der Waals surface area contributed by atoms with E-state index in [0.717, 1.165) is 11.1 Å². The average Bonchev–Trinajstić information content (AvgIpc) is 3.24. The molecule has 3 aromatic heterocycles. The zero-order valence-electron chi connectivity index (χ0n) is 14.0. The van der Waals surface area contributed by atoms with Crippen LogP contribution in [0.2, 0.25) is 5.02 Å². The summed E-state index contributed by atoms with van der Waals surface area (Å²) in [5.41, 5.74) is 3.20. The van der Waals surface area contributed by atoms with Gasteiger partial charge in [-0.1, -0.05) is 11.6 Å². The highest BCUT2D eigenvalue weighted by atomic mass is 35.5. The fraction of sp³-hybridized carbons (Fsp3) is 0. The number of benzene rings is 1. The number of oxazole rings is 1. The third-order valence-corrected chi connectivity index (χ3v) is 4.19. The first-order chi connectivity index (χ1) is 13.2. The van der Waals surface area contributed by atoms with Gasteiger partial charge < -0.3 is 9.73 Å². The van der Waals surface area contributed by atoms with Crippen molar-refractivity contribution in [3.63, 3.8) is 0 Å². The number of nitrogens with zero attached hydrogens (tertiary/aromatic N) is 3. The second-order valence-corrected chi connectivity index (χ2v) is 6.07. The highest BCUT2D eigenvalue weighted by Gasteiger charge is 2.10. The molecule has 0 unspecified atom stereocenters. The first kappa shape index (κ1) is 16.9. The van der Waals surface area contributed by atoms with Gasteiger partial charge in [0.2, 0.25) is 0 Å². The van der Waals surface area contributed by atoms with Crippen LogP contribution < -0.4 is 5.32 Å². The number of rotatable bonds is 4. The minimum Gasteiger partial charge on any atom is -0.444 e. The summed E-state index contributed by atoms with van der Waals surface area (Å²) in [6, 6.07) is 14.2. The molecular formula is C20H13ClN4O2. The predicted octanol–water partition coefficient (Wildman–Crippen LogP) is 4.70. The minimum atomic E-state index is -0.305. The first-order valence-electron chi connectivity index (χ1n) is 8.08. The van der Waals surface area contributed by atoms with Crippen LogP contribution in [0, 0.1) is 0 Å². The molecule has 1 N–H and O–H groups in total. The smallest absolute Gasteiger partial charge is 0.274 e.